The van der Waals surface area contributed by atoms with E-state index in [1.807, 2.05) is 32.4 Å². The lowest BCUT2D eigenvalue weighted by atomic mass is 10.3. The second kappa shape index (κ2) is 5.83. The van der Waals surface area contributed by atoms with Gasteiger partial charge >= 0.3 is 0 Å². The van der Waals surface area contributed by atoms with Crippen LogP contribution in [0, 0.1) is 0 Å². The Balaban J connectivity index is 2.77. The molecule has 1 rings (SSSR count). The largest absolute Gasteiger partial charge is 0.267 e. The first-order valence-corrected chi connectivity index (χ1v) is 7.83. The van der Waals surface area contributed by atoms with Gasteiger partial charge in [0.05, 0.1) is 4.21 Å². The highest BCUT2D eigenvalue weighted by atomic mass is 32.9. The van der Waals surface area contributed by atoms with Crippen molar-refractivity contribution in [3.63, 3.8) is 0 Å². The summed E-state index contributed by atoms with van der Waals surface area (Å²) in [5.41, 5.74) is 0. The molecule has 0 aliphatic rings. The van der Waals surface area contributed by atoms with Gasteiger partial charge in [-0.1, -0.05) is 23.7 Å². The van der Waals surface area contributed by atoms with Crippen molar-refractivity contribution < 1.29 is 0 Å². The van der Waals surface area contributed by atoms with E-state index in [9.17, 15) is 0 Å². The molecule has 0 unspecified atom stereocenters. The van der Waals surface area contributed by atoms with Gasteiger partial charge in [0.15, 0.2) is 0 Å². The fraction of sp³-hybridized carbons (Fsp3) is 0.667. The smallest absolute Gasteiger partial charge is 0.223 e. The van der Waals surface area contributed by atoms with Gasteiger partial charge < -0.3 is 0 Å². The molecule has 1 nitrogen and oxygen atoms in total. The predicted octanol–water partition coefficient (Wildman–Crippen LogP) is 2.73. The lowest BCUT2D eigenvalue weighted by Gasteiger charge is -1.91. The van der Waals surface area contributed by atoms with Gasteiger partial charge in [-0.25, -0.2) is 4.58 Å². The third kappa shape index (κ3) is 3.44. The van der Waals surface area contributed by atoms with E-state index >= 15 is 0 Å². The molecule has 0 fully saturated rings. The summed E-state index contributed by atoms with van der Waals surface area (Å²) in [7, 11) is 5.93. The van der Waals surface area contributed by atoms with Crippen LogP contribution in [0.25, 0.3) is 0 Å². The average Bonchev–Trinajstić information content (AvgIpc) is 2.62. The van der Waals surface area contributed by atoms with E-state index in [0.717, 1.165) is 0 Å². The summed E-state index contributed by atoms with van der Waals surface area (Å²) in [5.74, 6) is 0. The minimum atomic E-state index is 1.18. The first-order valence-electron chi connectivity index (χ1n) is 4.46. The third-order valence-corrected chi connectivity index (χ3v) is 5.73. The molecule has 1 heterocycles. The Labute approximate surface area is 91.5 Å². The molecule has 0 spiro atoms. The number of hydrogen-bond acceptors (Lipinski definition) is 3. The lowest BCUT2D eigenvalue weighted by molar-refractivity contribution is 0.626. The molecular formula is C9H16NS3+. The van der Waals surface area contributed by atoms with Crippen molar-refractivity contribution in [2.45, 2.75) is 24.0 Å². The quantitative estimate of drug-likeness (QED) is 0.440. The minimum absolute atomic E-state index is 1.18. The van der Waals surface area contributed by atoms with Crippen LogP contribution >= 0.6 is 32.4 Å². The molecule has 0 saturated heterocycles. The fourth-order valence-corrected chi connectivity index (χ4v) is 4.46. The molecule has 0 radical (unpaired) electrons. The molecule has 0 amide bonds. The van der Waals surface area contributed by atoms with Crippen LogP contribution in [-0.2, 0) is 0 Å². The van der Waals surface area contributed by atoms with Crippen LogP contribution in [0.2, 0.25) is 0 Å². The van der Waals surface area contributed by atoms with Crippen LogP contribution in [0.3, 0.4) is 0 Å². The summed E-state index contributed by atoms with van der Waals surface area (Å²) in [4.78, 5) is 0. The molecule has 0 aliphatic carbocycles. The van der Waals surface area contributed by atoms with Crippen LogP contribution in [0.1, 0.15) is 19.8 Å². The van der Waals surface area contributed by atoms with Crippen molar-refractivity contribution in [2.24, 2.45) is 0 Å². The fourth-order valence-electron chi connectivity index (χ4n) is 1.00. The lowest BCUT2D eigenvalue weighted by Crippen LogP contribution is -2.23. The van der Waals surface area contributed by atoms with Crippen LogP contribution in [0.4, 0.5) is 0 Å². The molecular weight excluding hydrogens is 218 g/mol. The number of rotatable bonds is 4. The summed E-state index contributed by atoms with van der Waals surface area (Å²) in [5, 5.41) is 0. The van der Waals surface area contributed by atoms with E-state index in [0.29, 0.717) is 0 Å². The van der Waals surface area contributed by atoms with Gasteiger partial charge in [-0.05, 0) is 16.6 Å². The van der Waals surface area contributed by atoms with Gasteiger partial charge in [0.2, 0.25) is 0 Å². The molecule has 0 bridgehead atoms. The first-order chi connectivity index (χ1) is 6.27. The Hall–Kier alpha value is 0.200. The van der Waals surface area contributed by atoms with Gasteiger partial charge in [-0.3, -0.25) is 0 Å². The molecule has 1 aromatic heterocycles. The van der Waals surface area contributed by atoms with Gasteiger partial charge in [0.1, 0.15) is 13.6 Å². The molecule has 0 aromatic carbocycles. The maximum atomic E-state index is 2.35. The SMILES string of the molecule is CCCC[N+](C)=c1cc(SC)ss1. The Kier molecular flexibility index (Phi) is 5.06. The molecule has 0 aliphatic heterocycles. The Bertz CT molecular complexity index is 311. The van der Waals surface area contributed by atoms with E-state index < -0.39 is 0 Å². The van der Waals surface area contributed by atoms with Crippen molar-refractivity contribution in [1.29, 1.82) is 0 Å². The topological polar surface area (TPSA) is 3.01 Å². The van der Waals surface area contributed by atoms with Crippen LogP contribution in [-0.4, -0.2) is 19.8 Å². The van der Waals surface area contributed by atoms with Crippen LogP contribution < -0.4 is 9.25 Å². The van der Waals surface area contributed by atoms with Crippen molar-refractivity contribution in [3.8, 4) is 0 Å². The Morgan fingerprint density at radius 1 is 1.46 bits per heavy atom. The summed E-state index contributed by atoms with van der Waals surface area (Å²) < 4.78 is 5.18. The van der Waals surface area contributed by atoms with E-state index in [2.05, 4.69) is 30.9 Å². The highest BCUT2D eigenvalue weighted by Crippen LogP contribution is 2.20. The number of thioether (sulfide) groups is 1. The van der Waals surface area contributed by atoms with Gasteiger partial charge in [0, 0.05) is 12.5 Å². The minimum Gasteiger partial charge on any atom is -0.223 e. The summed E-state index contributed by atoms with van der Waals surface area (Å²) >= 11 is 1.83. The highest BCUT2D eigenvalue weighted by Gasteiger charge is 2.02. The van der Waals surface area contributed by atoms with Gasteiger partial charge in [-0.15, -0.1) is 11.8 Å². The normalized spacial score (nSPS) is 13.2. The maximum Gasteiger partial charge on any atom is 0.267 e. The van der Waals surface area contributed by atoms with Crippen LogP contribution in [0.15, 0.2) is 10.3 Å². The van der Waals surface area contributed by atoms with E-state index in [1.54, 1.807) is 0 Å². The number of hydrogen-bond donors (Lipinski definition) is 0. The predicted molar refractivity (Wildman–Crippen MR) is 64.9 cm³/mol. The van der Waals surface area contributed by atoms with Crippen molar-refractivity contribution >= 4 is 32.4 Å². The van der Waals surface area contributed by atoms with E-state index in [-0.39, 0.29) is 0 Å². The third-order valence-electron chi connectivity index (χ3n) is 1.87. The molecule has 13 heavy (non-hydrogen) atoms. The van der Waals surface area contributed by atoms with Crippen molar-refractivity contribution in [1.82, 2.24) is 4.58 Å². The van der Waals surface area contributed by atoms with E-state index in [4.69, 9.17) is 0 Å². The molecule has 4 heteroatoms. The van der Waals surface area contributed by atoms with Gasteiger partial charge in [0.25, 0.3) is 4.67 Å². The maximum absolute atomic E-state index is 2.35. The van der Waals surface area contributed by atoms with Crippen LogP contribution in [0.5, 0.6) is 0 Å². The van der Waals surface area contributed by atoms with Gasteiger partial charge in [-0.2, -0.15) is 0 Å². The van der Waals surface area contributed by atoms with E-state index in [1.165, 1.54) is 28.3 Å². The second-order valence-corrected chi connectivity index (χ2v) is 6.25. The zero-order chi connectivity index (χ0) is 9.68. The second-order valence-electron chi connectivity index (χ2n) is 2.95. The molecule has 0 saturated carbocycles. The number of unbranched alkanes of at least 4 members (excludes halogenated alkanes) is 1. The standard InChI is InChI=1S/C9H16NS3/c1-4-5-6-10(2)8-7-9(11-3)13-12-8/h7H,4-6H2,1-3H3/q+1. The highest BCUT2D eigenvalue weighted by molar-refractivity contribution is 8.02. The van der Waals surface area contributed by atoms with Crippen molar-refractivity contribution in [3.05, 3.63) is 10.7 Å². The number of nitrogens with zero attached hydrogens (tertiary/aromatic N) is 1. The molecule has 0 N–H and O–H groups in total. The Morgan fingerprint density at radius 2 is 2.23 bits per heavy atom. The zero-order valence-electron chi connectivity index (χ0n) is 8.37. The molecule has 1 aromatic rings. The zero-order valence-corrected chi connectivity index (χ0v) is 10.8. The molecule has 0 atom stereocenters. The Morgan fingerprint density at radius 3 is 2.77 bits per heavy atom. The monoisotopic (exact) mass is 234 g/mol. The first kappa shape index (κ1) is 11.3. The average molecular weight is 234 g/mol. The van der Waals surface area contributed by atoms with Crippen molar-refractivity contribution in [2.75, 3.05) is 19.8 Å². The summed E-state index contributed by atoms with van der Waals surface area (Å²) in [6.45, 7) is 3.41. The summed E-state index contributed by atoms with van der Waals surface area (Å²) in [6, 6.07) is 2.29. The summed E-state index contributed by atoms with van der Waals surface area (Å²) in [6.07, 6.45) is 4.69. The molecule has 74 valence electrons.